The van der Waals surface area contributed by atoms with Crippen LogP contribution < -0.4 is 5.32 Å². The predicted molar refractivity (Wildman–Crippen MR) is 59.9 cm³/mol. The summed E-state index contributed by atoms with van der Waals surface area (Å²) in [4.78, 5) is 22.3. The number of ether oxygens (including phenoxy) is 1. The second kappa shape index (κ2) is 4.72. The number of aliphatic carboxylic acids is 1. The Hall–Kier alpha value is -1.37. The first kappa shape index (κ1) is 14.7. The van der Waals surface area contributed by atoms with E-state index in [2.05, 4.69) is 5.32 Å². The minimum absolute atomic E-state index is 0.236. The largest absolute Gasteiger partial charge is 0.479 e. The highest BCUT2D eigenvalue weighted by Gasteiger charge is 2.54. The molecule has 1 saturated carbocycles. The van der Waals surface area contributed by atoms with Crippen LogP contribution in [-0.2, 0) is 9.53 Å². The van der Waals surface area contributed by atoms with Crippen molar-refractivity contribution in [3.8, 4) is 0 Å². The van der Waals surface area contributed by atoms with Gasteiger partial charge in [0.15, 0.2) is 6.10 Å². The number of hydrogen-bond acceptors (Lipinski definition) is 4. The molecule has 3 N–H and O–H groups in total. The van der Waals surface area contributed by atoms with E-state index >= 15 is 0 Å². The van der Waals surface area contributed by atoms with Crippen LogP contribution in [0.25, 0.3) is 0 Å². The molecular formula is C11H18FNO5. The minimum Gasteiger partial charge on any atom is -0.479 e. The highest BCUT2D eigenvalue weighted by Crippen LogP contribution is 2.38. The highest BCUT2D eigenvalue weighted by molar-refractivity contribution is 5.77. The zero-order chi connectivity index (χ0) is 14.1. The van der Waals surface area contributed by atoms with Crippen LogP contribution in [0.5, 0.6) is 0 Å². The lowest BCUT2D eigenvalue weighted by atomic mass is 9.71. The molecule has 1 rings (SSSR count). The minimum atomic E-state index is -1.85. The number of carbonyl (C=O) groups excluding carboxylic acids is 1. The predicted octanol–water partition coefficient (Wildman–Crippen LogP) is 0.827. The fourth-order valence-corrected chi connectivity index (χ4v) is 1.87. The lowest BCUT2D eigenvalue weighted by Crippen LogP contribution is -2.67. The number of rotatable bonds is 3. The van der Waals surface area contributed by atoms with Gasteiger partial charge in [-0.2, -0.15) is 0 Å². The number of carbonyl (C=O) groups is 2. The van der Waals surface area contributed by atoms with Gasteiger partial charge in [-0.1, -0.05) is 0 Å². The molecule has 1 aliphatic rings. The van der Waals surface area contributed by atoms with Gasteiger partial charge < -0.3 is 20.3 Å². The zero-order valence-corrected chi connectivity index (χ0v) is 10.6. The van der Waals surface area contributed by atoms with Crippen molar-refractivity contribution in [1.29, 1.82) is 0 Å². The van der Waals surface area contributed by atoms with Crippen LogP contribution in [0.3, 0.4) is 0 Å². The number of halogens is 1. The van der Waals surface area contributed by atoms with E-state index in [9.17, 15) is 19.1 Å². The monoisotopic (exact) mass is 263 g/mol. The van der Waals surface area contributed by atoms with Gasteiger partial charge in [-0.05, 0) is 20.8 Å². The van der Waals surface area contributed by atoms with E-state index in [1.807, 2.05) is 0 Å². The summed E-state index contributed by atoms with van der Waals surface area (Å²) in [7, 11) is 0. The summed E-state index contributed by atoms with van der Waals surface area (Å²) in [5, 5.41) is 20.5. The molecule has 7 heteroatoms. The topological polar surface area (TPSA) is 95.9 Å². The molecule has 0 radical (unpaired) electrons. The van der Waals surface area contributed by atoms with Gasteiger partial charge in [-0.3, -0.25) is 0 Å². The summed E-state index contributed by atoms with van der Waals surface area (Å²) in [6.07, 6.45) is -4.42. The Morgan fingerprint density at radius 2 is 1.94 bits per heavy atom. The van der Waals surface area contributed by atoms with Crippen LogP contribution in [0, 0.1) is 0 Å². The van der Waals surface area contributed by atoms with Gasteiger partial charge in [0.1, 0.15) is 11.8 Å². The number of aliphatic hydroxyl groups excluding tert-OH is 1. The molecule has 0 aromatic carbocycles. The van der Waals surface area contributed by atoms with Crippen molar-refractivity contribution in [3.63, 3.8) is 0 Å². The van der Waals surface area contributed by atoms with Gasteiger partial charge in [-0.25, -0.2) is 14.0 Å². The molecule has 0 aromatic rings. The second-order valence-corrected chi connectivity index (χ2v) is 5.53. The summed E-state index contributed by atoms with van der Waals surface area (Å²) < 4.78 is 17.9. The van der Waals surface area contributed by atoms with Crippen molar-refractivity contribution in [2.24, 2.45) is 0 Å². The molecule has 1 atom stereocenters. The Morgan fingerprint density at radius 1 is 1.44 bits per heavy atom. The Kier molecular flexibility index (Phi) is 3.85. The molecule has 0 saturated heterocycles. The molecule has 0 bridgehead atoms. The van der Waals surface area contributed by atoms with E-state index in [0.717, 1.165) is 0 Å². The quantitative estimate of drug-likeness (QED) is 0.700. The number of carboxylic acid groups (broad SMARTS) is 1. The molecule has 1 amide bonds. The summed E-state index contributed by atoms with van der Waals surface area (Å²) >= 11 is 0. The van der Waals surface area contributed by atoms with Crippen molar-refractivity contribution in [2.75, 3.05) is 0 Å². The van der Waals surface area contributed by atoms with Crippen LogP contribution in [0.1, 0.15) is 33.6 Å². The molecule has 18 heavy (non-hydrogen) atoms. The fraction of sp³-hybridized carbons (Fsp3) is 0.818. The first-order valence-electron chi connectivity index (χ1n) is 5.62. The number of hydrogen-bond donors (Lipinski definition) is 3. The maximum Gasteiger partial charge on any atom is 0.408 e. The number of alkyl halides is 1. The van der Waals surface area contributed by atoms with Gasteiger partial charge in [0.2, 0.25) is 0 Å². The van der Waals surface area contributed by atoms with Crippen LogP contribution in [0.4, 0.5) is 9.18 Å². The molecule has 0 heterocycles. The van der Waals surface area contributed by atoms with Gasteiger partial charge >= 0.3 is 12.1 Å². The normalized spacial score (nSPS) is 29.1. The van der Waals surface area contributed by atoms with Crippen molar-refractivity contribution in [1.82, 2.24) is 5.32 Å². The first-order valence-corrected chi connectivity index (χ1v) is 5.62. The zero-order valence-electron chi connectivity index (χ0n) is 10.6. The Morgan fingerprint density at radius 3 is 2.28 bits per heavy atom. The van der Waals surface area contributed by atoms with Gasteiger partial charge in [-0.15, -0.1) is 0 Å². The number of nitrogens with one attached hydrogen (secondary N) is 1. The molecular weight excluding hydrogens is 245 g/mol. The van der Waals surface area contributed by atoms with E-state index in [-0.39, 0.29) is 12.8 Å². The number of alkyl carbamates (subject to hydrolysis) is 1. The summed E-state index contributed by atoms with van der Waals surface area (Å²) in [5.74, 6) is -1.50. The molecule has 6 nitrogen and oxygen atoms in total. The van der Waals surface area contributed by atoms with Crippen LogP contribution >= 0.6 is 0 Å². The number of carboxylic acids is 1. The molecule has 1 unspecified atom stereocenters. The van der Waals surface area contributed by atoms with E-state index in [1.54, 1.807) is 20.8 Å². The van der Waals surface area contributed by atoms with E-state index in [1.165, 1.54) is 0 Å². The van der Waals surface area contributed by atoms with Crippen LogP contribution in [-0.4, -0.2) is 45.7 Å². The third-order valence-electron chi connectivity index (χ3n) is 2.68. The van der Waals surface area contributed by atoms with Crippen LogP contribution in [0.2, 0.25) is 0 Å². The van der Waals surface area contributed by atoms with Gasteiger partial charge in [0.05, 0.1) is 5.54 Å². The average molecular weight is 263 g/mol. The Labute approximate surface area is 104 Å². The Balaban J connectivity index is 2.70. The van der Waals surface area contributed by atoms with Gasteiger partial charge in [0, 0.05) is 12.8 Å². The summed E-state index contributed by atoms with van der Waals surface area (Å²) in [6.45, 7) is 4.93. The van der Waals surface area contributed by atoms with Crippen molar-refractivity contribution < 1.29 is 28.9 Å². The van der Waals surface area contributed by atoms with E-state index < -0.39 is 35.5 Å². The maximum atomic E-state index is 12.9. The van der Waals surface area contributed by atoms with Crippen LogP contribution in [0.15, 0.2) is 0 Å². The second-order valence-electron chi connectivity index (χ2n) is 5.53. The molecule has 104 valence electrons. The standard InChI is InChI=1S/C11H18FNO5/c1-10(2,3)18-9(17)13-11(4-6(12)5-11)7(14)8(15)16/h6-7,14H,4-5H2,1-3H3,(H,13,17)(H,15,16)/t6-,7?,11-. The van der Waals surface area contributed by atoms with Crippen molar-refractivity contribution >= 4 is 12.1 Å². The third kappa shape index (κ3) is 3.32. The molecule has 1 fully saturated rings. The lowest BCUT2D eigenvalue weighted by molar-refractivity contribution is -0.156. The van der Waals surface area contributed by atoms with Crippen molar-refractivity contribution in [2.45, 2.75) is 57.0 Å². The number of amides is 1. The van der Waals surface area contributed by atoms with E-state index in [0.29, 0.717) is 0 Å². The molecule has 0 spiro atoms. The Bertz CT molecular complexity index is 346. The summed E-state index contributed by atoms with van der Waals surface area (Å²) in [6, 6.07) is 0. The molecule has 0 aliphatic heterocycles. The SMILES string of the molecule is CC(C)(C)OC(=O)N[C@]1(C(O)C(=O)O)C[C@@H](F)C1. The highest BCUT2D eigenvalue weighted by atomic mass is 19.1. The fourth-order valence-electron chi connectivity index (χ4n) is 1.87. The van der Waals surface area contributed by atoms with Gasteiger partial charge in [0.25, 0.3) is 0 Å². The molecule has 0 aromatic heterocycles. The lowest BCUT2D eigenvalue weighted by Gasteiger charge is -2.46. The molecule has 1 aliphatic carbocycles. The maximum absolute atomic E-state index is 12.9. The van der Waals surface area contributed by atoms with Crippen molar-refractivity contribution in [3.05, 3.63) is 0 Å². The third-order valence-corrected chi connectivity index (χ3v) is 2.68. The smallest absolute Gasteiger partial charge is 0.408 e. The average Bonchev–Trinajstić information content (AvgIpc) is 2.10. The summed E-state index contributed by atoms with van der Waals surface area (Å²) in [5.41, 5.74) is -2.23. The first-order chi connectivity index (χ1) is 8.06. The van der Waals surface area contributed by atoms with E-state index in [4.69, 9.17) is 9.84 Å². The number of aliphatic hydroxyl groups is 1.